The number of amides is 4. The molecule has 6 atom stereocenters. The number of carbonyl (C=O) groups excluding carboxylic acids is 4. The number of methoxy groups -OCH3 is 2. The van der Waals surface area contributed by atoms with Crippen molar-refractivity contribution in [3.05, 3.63) is 107 Å². The van der Waals surface area contributed by atoms with Gasteiger partial charge in [-0.25, -0.2) is 19.6 Å². The molecule has 2 aromatic heterocycles. The summed E-state index contributed by atoms with van der Waals surface area (Å²) in [6, 6.07) is 18.3. The molecule has 3 aromatic carbocycles. The van der Waals surface area contributed by atoms with Crippen LogP contribution in [0.3, 0.4) is 0 Å². The number of aromatic nitrogens is 4. The first kappa shape index (κ1) is 47.3. The van der Waals surface area contributed by atoms with Gasteiger partial charge in [0.2, 0.25) is 11.8 Å². The number of allylic oxidation sites excluding steroid dienone is 4. The van der Waals surface area contributed by atoms with Crippen molar-refractivity contribution in [1.29, 1.82) is 0 Å². The fraction of sp³-hybridized carbons (Fsp3) is 0.462. The summed E-state index contributed by atoms with van der Waals surface area (Å²) in [7, 11) is 2.63. The van der Waals surface area contributed by atoms with Gasteiger partial charge in [0.05, 0.1) is 48.4 Å². The van der Waals surface area contributed by atoms with E-state index < -0.39 is 24.3 Å². The Balaban J connectivity index is 0.919. The minimum atomic E-state index is -0.659. The van der Waals surface area contributed by atoms with Gasteiger partial charge >= 0.3 is 12.2 Å². The van der Waals surface area contributed by atoms with Crippen LogP contribution in [-0.2, 0) is 31.9 Å². The van der Waals surface area contributed by atoms with Crippen molar-refractivity contribution in [2.75, 3.05) is 51.3 Å². The predicted octanol–water partition coefficient (Wildman–Crippen LogP) is 9.16. The molecule has 2 aliphatic heterocycles. The first-order valence-corrected chi connectivity index (χ1v) is 26.7. The lowest BCUT2D eigenvalue weighted by Crippen LogP contribution is -2.48. The number of aromatic amines is 2. The van der Waals surface area contributed by atoms with Gasteiger partial charge in [-0.2, -0.15) is 23.5 Å². The highest BCUT2D eigenvalue weighted by Crippen LogP contribution is 2.41. The molecule has 16 heteroatoms. The summed E-state index contributed by atoms with van der Waals surface area (Å²) in [5.74, 6) is 3.34. The lowest BCUT2D eigenvalue weighted by atomic mass is 9.76. The summed E-state index contributed by atoms with van der Waals surface area (Å²) in [4.78, 5) is 73.1. The van der Waals surface area contributed by atoms with Crippen LogP contribution in [0.4, 0.5) is 9.59 Å². The highest BCUT2D eigenvalue weighted by atomic mass is 32.2. The highest BCUT2D eigenvalue weighted by Gasteiger charge is 2.38. The highest BCUT2D eigenvalue weighted by molar-refractivity contribution is 7.98. The number of imidazole rings is 2. The standard InChI is InChI=1S/C52H62N8O6S2/c1-65-51(63)57-41(21-25-67-3)49(61)59-23-5-7-45(59)47-53-39-19-17-35(29-43(39)55-47)37-27-31-9-13-33(37)15-11-32-10-14-34(16-12-31)38(28-32)36-18-20-40-44(30-36)56-48(54-40)46-8-6-24-60(46)50(62)42(22-26-68-4)58-52(64)66-2/h9-10,13-14,17-20,27-30,33,37,41-42,45-46H,5-8,11-12,15-16,21-26H2,1-4H3,(H,53,55)(H,54,56)(H,57,63)(H,58,64). The van der Waals surface area contributed by atoms with Crippen LogP contribution in [0.5, 0.6) is 0 Å². The molecule has 2 fully saturated rings. The fourth-order valence-electron chi connectivity index (χ4n) is 10.6. The first-order chi connectivity index (χ1) is 33.1. The number of ether oxygens (including phenoxy) is 2. The van der Waals surface area contributed by atoms with E-state index in [1.54, 1.807) is 23.5 Å². The van der Waals surface area contributed by atoms with Crippen LogP contribution in [0.15, 0.2) is 78.4 Å². The van der Waals surface area contributed by atoms with Crippen molar-refractivity contribution in [1.82, 2.24) is 40.4 Å². The molecule has 4 heterocycles. The van der Waals surface area contributed by atoms with E-state index in [0.717, 1.165) is 102 Å². The van der Waals surface area contributed by atoms with Crippen molar-refractivity contribution in [3.63, 3.8) is 0 Å². The third kappa shape index (κ3) is 10.2. The molecule has 68 heavy (non-hydrogen) atoms. The third-order valence-electron chi connectivity index (χ3n) is 14.2. The van der Waals surface area contributed by atoms with E-state index in [9.17, 15) is 19.2 Å². The third-order valence-corrected chi connectivity index (χ3v) is 15.5. The molecule has 0 radical (unpaired) electrons. The molecule has 0 saturated carbocycles. The summed E-state index contributed by atoms with van der Waals surface area (Å²) in [6.07, 6.45) is 18.1. The Morgan fingerprint density at radius 2 is 1.34 bits per heavy atom. The number of rotatable bonds is 14. The number of hydrogen-bond acceptors (Lipinski definition) is 10. The lowest BCUT2D eigenvalue weighted by Gasteiger charge is -2.28. The number of hydrogen-bond donors (Lipinski definition) is 4. The Bertz CT molecular complexity index is 2730. The molecule has 7 aliphatic rings. The largest absolute Gasteiger partial charge is 0.453 e. The van der Waals surface area contributed by atoms with Crippen LogP contribution in [0, 0.1) is 5.92 Å². The zero-order valence-corrected chi connectivity index (χ0v) is 41.0. The van der Waals surface area contributed by atoms with Crippen molar-refractivity contribution in [3.8, 4) is 11.1 Å². The van der Waals surface area contributed by atoms with Crippen LogP contribution in [0.1, 0.15) is 97.7 Å². The zero-order valence-electron chi connectivity index (χ0n) is 39.3. The summed E-state index contributed by atoms with van der Waals surface area (Å²) in [6.45, 7) is 1.22. The summed E-state index contributed by atoms with van der Waals surface area (Å²) in [5.41, 5.74) is 11.2. The molecule has 4 amide bonds. The van der Waals surface area contributed by atoms with Gasteiger partial charge in [0.1, 0.15) is 23.7 Å². The molecule has 0 spiro atoms. The van der Waals surface area contributed by atoms with Gasteiger partial charge in [-0.1, -0.05) is 54.1 Å². The van der Waals surface area contributed by atoms with Crippen LogP contribution in [0.25, 0.3) is 33.2 Å². The lowest BCUT2D eigenvalue weighted by molar-refractivity contribution is -0.135. The number of thioether (sulfide) groups is 2. The van der Waals surface area contributed by atoms with E-state index in [0.29, 0.717) is 31.8 Å². The SMILES string of the molecule is COC(=O)NC(CCSC)C(=O)N1CCCC1c1nc2ccc(-c3cc4ccc3CCC3=CC(c5ccc6nc(C7CCCN7C(=O)C(CCSC)NC(=O)OC)[nH]c6c5)C(C=C3)CC4)cc2[nH]1. The number of carbonyl (C=O) groups is 4. The van der Waals surface area contributed by atoms with E-state index in [4.69, 9.17) is 19.4 Å². The van der Waals surface area contributed by atoms with E-state index in [1.165, 1.54) is 42.0 Å². The Labute approximate surface area is 406 Å². The van der Waals surface area contributed by atoms with E-state index >= 15 is 0 Å². The molecule has 14 nitrogen and oxygen atoms in total. The topological polar surface area (TPSA) is 175 Å². The second kappa shape index (κ2) is 21.3. The number of fused-ring (bicyclic) bond motifs is 2. The van der Waals surface area contributed by atoms with Crippen LogP contribution in [-0.4, -0.2) is 117 Å². The van der Waals surface area contributed by atoms with Gasteiger partial charge in [-0.3, -0.25) is 9.59 Å². The Kier molecular flexibility index (Phi) is 14.8. The molecule has 6 unspecified atom stereocenters. The van der Waals surface area contributed by atoms with Gasteiger partial charge in [-0.15, -0.1) is 0 Å². The van der Waals surface area contributed by atoms with Crippen LogP contribution >= 0.6 is 23.5 Å². The van der Waals surface area contributed by atoms with Gasteiger partial charge in [0.15, 0.2) is 0 Å². The Morgan fingerprint density at radius 3 is 1.94 bits per heavy atom. The number of likely N-dealkylation sites (tertiary alicyclic amines) is 2. The van der Waals surface area contributed by atoms with Crippen molar-refractivity contribution >= 4 is 69.6 Å². The van der Waals surface area contributed by atoms with Crippen LogP contribution in [0.2, 0.25) is 0 Å². The molecule has 4 bridgehead atoms. The molecule has 4 N–H and O–H groups in total. The minimum Gasteiger partial charge on any atom is -0.453 e. The average Bonchev–Trinajstić information content (AvgIpc) is 4.20. The monoisotopic (exact) mass is 958 g/mol. The van der Waals surface area contributed by atoms with Crippen molar-refractivity contribution in [2.45, 2.75) is 94.3 Å². The Morgan fingerprint density at radius 1 is 0.735 bits per heavy atom. The fourth-order valence-corrected chi connectivity index (χ4v) is 11.6. The number of nitrogens with one attached hydrogen (secondary N) is 4. The maximum atomic E-state index is 13.9. The first-order valence-electron chi connectivity index (χ1n) is 23.9. The molecule has 358 valence electrons. The zero-order chi connectivity index (χ0) is 47.3. The second-order valence-electron chi connectivity index (χ2n) is 18.4. The molecular formula is C52H62N8O6S2. The summed E-state index contributed by atoms with van der Waals surface area (Å²) in [5, 5.41) is 5.53. The van der Waals surface area contributed by atoms with Gasteiger partial charge in [0, 0.05) is 19.0 Å². The second-order valence-corrected chi connectivity index (χ2v) is 20.4. The van der Waals surface area contributed by atoms with Gasteiger partial charge < -0.3 is 39.9 Å². The predicted molar refractivity (Wildman–Crippen MR) is 270 cm³/mol. The molecule has 2 saturated heterocycles. The molecule has 5 aliphatic carbocycles. The average molecular weight is 959 g/mol. The van der Waals surface area contributed by atoms with Crippen LogP contribution < -0.4 is 10.6 Å². The normalized spacial score (nSPS) is 21.1. The quantitative estimate of drug-likeness (QED) is 0.0841. The van der Waals surface area contributed by atoms with Gasteiger partial charge in [0.25, 0.3) is 0 Å². The smallest absolute Gasteiger partial charge is 0.407 e. The van der Waals surface area contributed by atoms with Crippen molar-refractivity contribution < 1.29 is 28.7 Å². The maximum Gasteiger partial charge on any atom is 0.407 e. The summed E-state index contributed by atoms with van der Waals surface area (Å²) >= 11 is 3.28. The number of alkyl carbamates (subject to hydrolysis) is 2. The summed E-state index contributed by atoms with van der Waals surface area (Å²) < 4.78 is 9.69. The van der Waals surface area contributed by atoms with E-state index in [1.807, 2.05) is 22.3 Å². The maximum absolute atomic E-state index is 13.9. The minimum absolute atomic E-state index is 0.101. The molecule has 12 rings (SSSR count). The number of benzene rings is 3. The van der Waals surface area contributed by atoms with E-state index in [-0.39, 0.29) is 29.8 Å². The molecular weight excluding hydrogens is 897 g/mol. The van der Waals surface area contributed by atoms with Gasteiger partial charge in [-0.05, 0) is 146 Å². The van der Waals surface area contributed by atoms with Crippen molar-refractivity contribution in [2.24, 2.45) is 5.92 Å². The number of H-pyrrole nitrogens is 2. The number of nitrogens with zero attached hydrogens (tertiary/aromatic N) is 4. The molecule has 5 aromatic rings. The number of aryl methyl sites for hydroxylation is 2. The van der Waals surface area contributed by atoms with E-state index in [2.05, 4.69) is 93.4 Å². The Hall–Kier alpha value is -5.74.